The third-order valence-corrected chi connectivity index (χ3v) is 5.70. The maximum atomic E-state index is 9.84. The molecule has 6 heteroatoms. The Hall–Kier alpha value is -1.86. The van der Waals surface area contributed by atoms with E-state index in [-0.39, 0.29) is 18.6 Å². The summed E-state index contributed by atoms with van der Waals surface area (Å²) in [6.45, 7) is 4.42. The number of rotatable bonds is 9. The number of aliphatic hydroxyl groups is 4. The minimum Gasteiger partial charge on any atom is -0.495 e. The number of benzene rings is 1. The van der Waals surface area contributed by atoms with Crippen molar-refractivity contribution in [3.63, 3.8) is 0 Å². The minimum absolute atomic E-state index is 0.0443. The normalized spacial score (nSPS) is 19.7. The van der Waals surface area contributed by atoms with Crippen molar-refractivity contribution in [2.75, 3.05) is 26.4 Å². The van der Waals surface area contributed by atoms with Crippen LogP contribution in [-0.2, 0) is 17.6 Å². The average Bonchev–Trinajstić information content (AvgIpc) is 2.70. The number of hydrogen-bond donors (Lipinski definition) is 4. The van der Waals surface area contributed by atoms with Crippen LogP contribution in [0.15, 0.2) is 41.2 Å². The van der Waals surface area contributed by atoms with Crippen molar-refractivity contribution in [3.05, 3.63) is 52.3 Å². The molecule has 3 rings (SSSR count). The molecule has 0 radical (unpaired) electrons. The van der Waals surface area contributed by atoms with E-state index in [9.17, 15) is 10.2 Å². The summed E-state index contributed by atoms with van der Waals surface area (Å²) in [5, 5.41) is 37.2. The Morgan fingerprint density at radius 1 is 1.00 bits per heavy atom. The number of aliphatic hydroxyl groups excluding tert-OH is 4. The SMILES string of the molecule is CC1(C)C=C(OC[C@@H](O)[C@H](O)CO)CC2=C1Cc1cc(OCCCO)ccc1C2. The van der Waals surface area contributed by atoms with Crippen molar-refractivity contribution in [2.45, 2.75) is 51.7 Å². The fourth-order valence-electron chi connectivity index (χ4n) is 4.06. The highest BCUT2D eigenvalue weighted by molar-refractivity contribution is 5.49. The molecule has 0 amide bonds. The molecule has 0 spiro atoms. The summed E-state index contributed by atoms with van der Waals surface area (Å²) in [4.78, 5) is 0. The molecule has 0 unspecified atom stereocenters. The highest BCUT2D eigenvalue weighted by Crippen LogP contribution is 2.45. The topological polar surface area (TPSA) is 99.4 Å². The number of allylic oxidation sites excluding steroid dienone is 3. The molecule has 1 aromatic rings. The maximum absolute atomic E-state index is 9.84. The third kappa shape index (κ3) is 5.20. The van der Waals surface area contributed by atoms with Gasteiger partial charge < -0.3 is 29.9 Å². The van der Waals surface area contributed by atoms with E-state index < -0.39 is 18.8 Å². The summed E-state index contributed by atoms with van der Waals surface area (Å²) in [7, 11) is 0. The van der Waals surface area contributed by atoms with Crippen LogP contribution in [-0.4, -0.2) is 59.1 Å². The van der Waals surface area contributed by atoms with Gasteiger partial charge in [0.25, 0.3) is 0 Å². The molecule has 0 aromatic heterocycles. The lowest BCUT2D eigenvalue weighted by atomic mass is 9.69. The van der Waals surface area contributed by atoms with Gasteiger partial charge in [0.1, 0.15) is 24.6 Å². The number of ether oxygens (including phenoxy) is 2. The monoisotopic (exact) mass is 404 g/mol. The quantitative estimate of drug-likeness (QED) is 0.371. The van der Waals surface area contributed by atoms with Gasteiger partial charge in [-0.1, -0.05) is 31.1 Å². The van der Waals surface area contributed by atoms with E-state index >= 15 is 0 Å². The van der Waals surface area contributed by atoms with Gasteiger partial charge in [0.15, 0.2) is 0 Å². The lowest BCUT2D eigenvalue weighted by molar-refractivity contribution is -0.0461. The Kier molecular flexibility index (Phi) is 7.01. The Labute approximate surface area is 172 Å². The van der Waals surface area contributed by atoms with Crippen LogP contribution >= 0.6 is 0 Å². The molecule has 1 aromatic carbocycles. The molecule has 2 aliphatic rings. The molecule has 0 bridgehead atoms. The lowest BCUT2D eigenvalue weighted by Gasteiger charge is -2.37. The fraction of sp³-hybridized carbons (Fsp3) is 0.565. The third-order valence-electron chi connectivity index (χ3n) is 5.70. The summed E-state index contributed by atoms with van der Waals surface area (Å²) < 4.78 is 11.5. The predicted octanol–water partition coefficient (Wildman–Crippen LogP) is 1.89. The molecule has 2 atom stereocenters. The standard InChI is InChI=1S/C23H32O6/c1-23(2)12-19(29-14-22(27)21(26)13-25)10-17-8-15-4-5-18(28-7-3-6-24)9-16(15)11-20(17)23/h4-5,9,12,21-22,24-27H,3,6-8,10-11,13-14H2,1-2H3/t21-,22-/m1/s1. The van der Waals surface area contributed by atoms with Crippen LogP contribution in [0.5, 0.6) is 5.75 Å². The first kappa shape index (κ1) is 21.8. The Balaban J connectivity index is 1.69. The van der Waals surface area contributed by atoms with E-state index in [1.165, 1.54) is 22.3 Å². The first-order valence-corrected chi connectivity index (χ1v) is 10.2. The molecule has 0 saturated carbocycles. The van der Waals surface area contributed by atoms with Crippen LogP contribution in [0.1, 0.15) is 37.8 Å². The van der Waals surface area contributed by atoms with Gasteiger partial charge in [-0.05, 0) is 42.2 Å². The van der Waals surface area contributed by atoms with Crippen molar-refractivity contribution >= 4 is 0 Å². The maximum Gasteiger partial charge on any atom is 0.119 e. The first-order chi connectivity index (χ1) is 13.8. The summed E-state index contributed by atoms with van der Waals surface area (Å²) >= 11 is 0. The molecule has 6 nitrogen and oxygen atoms in total. The summed E-state index contributed by atoms with van der Waals surface area (Å²) in [6.07, 6.45) is 2.81. The van der Waals surface area contributed by atoms with Crippen LogP contribution in [0.3, 0.4) is 0 Å². The van der Waals surface area contributed by atoms with Crippen LogP contribution < -0.4 is 4.74 Å². The average molecular weight is 405 g/mol. The lowest BCUT2D eigenvalue weighted by Crippen LogP contribution is -2.33. The van der Waals surface area contributed by atoms with Crippen molar-refractivity contribution in [1.29, 1.82) is 0 Å². The molecular formula is C23H32O6. The van der Waals surface area contributed by atoms with Gasteiger partial charge in [-0.25, -0.2) is 0 Å². The van der Waals surface area contributed by atoms with Crippen LogP contribution in [0.4, 0.5) is 0 Å². The van der Waals surface area contributed by atoms with Crippen LogP contribution in [0, 0.1) is 5.41 Å². The van der Waals surface area contributed by atoms with Gasteiger partial charge in [-0.3, -0.25) is 0 Å². The molecular weight excluding hydrogens is 372 g/mol. The Morgan fingerprint density at radius 2 is 1.79 bits per heavy atom. The van der Waals surface area contributed by atoms with Crippen LogP contribution in [0.25, 0.3) is 0 Å². The van der Waals surface area contributed by atoms with Gasteiger partial charge in [0.05, 0.1) is 19.0 Å². The minimum atomic E-state index is -1.20. The Morgan fingerprint density at radius 3 is 2.52 bits per heavy atom. The van der Waals surface area contributed by atoms with Crippen LogP contribution in [0.2, 0.25) is 0 Å². The zero-order valence-electron chi connectivity index (χ0n) is 17.2. The van der Waals surface area contributed by atoms with Gasteiger partial charge in [0.2, 0.25) is 0 Å². The summed E-state index contributed by atoms with van der Waals surface area (Å²) in [6, 6.07) is 6.20. The van der Waals surface area contributed by atoms with Gasteiger partial charge in [-0.2, -0.15) is 0 Å². The molecule has 0 fully saturated rings. The van der Waals surface area contributed by atoms with E-state index in [4.69, 9.17) is 19.7 Å². The van der Waals surface area contributed by atoms with E-state index in [0.717, 1.165) is 24.4 Å². The zero-order chi connectivity index (χ0) is 21.0. The van der Waals surface area contributed by atoms with Crippen molar-refractivity contribution in [3.8, 4) is 5.75 Å². The second-order valence-electron chi connectivity index (χ2n) is 8.43. The van der Waals surface area contributed by atoms with E-state index in [0.29, 0.717) is 19.4 Å². The largest absolute Gasteiger partial charge is 0.495 e. The van der Waals surface area contributed by atoms with Crippen molar-refractivity contribution in [2.24, 2.45) is 5.41 Å². The smallest absolute Gasteiger partial charge is 0.119 e. The highest BCUT2D eigenvalue weighted by Gasteiger charge is 2.33. The molecule has 0 aliphatic heterocycles. The molecule has 0 saturated heterocycles. The molecule has 29 heavy (non-hydrogen) atoms. The van der Waals surface area contributed by atoms with E-state index in [1.54, 1.807) is 0 Å². The second kappa shape index (κ2) is 9.30. The molecule has 4 N–H and O–H groups in total. The summed E-state index contributed by atoms with van der Waals surface area (Å²) in [5.41, 5.74) is 5.12. The van der Waals surface area contributed by atoms with Crippen molar-refractivity contribution in [1.82, 2.24) is 0 Å². The number of hydrogen-bond acceptors (Lipinski definition) is 6. The molecule has 2 aliphatic carbocycles. The second-order valence-corrected chi connectivity index (χ2v) is 8.43. The van der Waals surface area contributed by atoms with Gasteiger partial charge in [-0.15, -0.1) is 0 Å². The Bertz CT molecular complexity index is 780. The van der Waals surface area contributed by atoms with E-state index in [2.05, 4.69) is 32.1 Å². The van der Waals surface area contributed by atoms with E-state index in [1.807, 2.05) is 6.07 Å². The van der Waals surface area contributed by atoms with Gasteiger partial charge >= 0.3 is 0 Å². The first-order valence-electron chi connectivity index (χ1n) is 10.2. The molecule has 160 valence electrons. The fourth-order valence-corrected chi connectivity index (χ4v) is 4.06. The predicted molar refractivity (Wildman–Crippen MR) is 110 cm³/mol. The van der Waals surface area contributed by atoms with Crippen molar-refractivity contribution < 1.29 is 29.9 Å². The zero-order valence-corrected chi connectivity index (χ0v) is 17.2. The summed E-state index contributed by atoms with van der Waals surface area (Å²) in [5.74, 6) is 1.64. The molecule has 0 heterocycles. The van der Waals surface area contributed by atoms with Gasteiger partial charge in [0, 0.05) is 24.9 Å². The number of fused-ring (bicyclic) bond motifs is 1. The highest BCUT2D eigenvalue weighted by atomic mass is 16.5.